The number of carbonyl (C=O) groups excluding carboxylic acids is 2. The van der Waals surface area contributed by atoms with Crippen LogP contribution in [0.1, 0.15) is 44.6 Å². The molecule has 1 aliphatic rings. The monoisotopic (exact) mass is 617 g/mol. The third-order valence-electron chi connectivity index (χ3n) is 6.20. The molecular formula is C25H30BrCl2N3O4S. The van der Waals surface area contributed by atoms with Gasteiger partial charge in [-0.3, -0.25) is 13.9 Å². The summed E-state index contributed by atoms with van der Waals surface area (Å²) in [5.74, 6) is -0.783. The Kier molecular flexibility index (Phi) is 10.1. The molecule has 3 rings (SSSR count). The van der Waals surface area contributed by atoms with Gasteiger partial charge in [-0.15, -0.1) is 0 Å². The molecule has 1 atom stereocenters. The first-order valence-corrected chi connectivity index (χ1v) is 15.1. The lowest BCUT2D eigenvalue weighted by Gasteiger charge is -2.33. The SMILES string of the molecule is CC(C(=O)NC1CCCCC1)N(Cc1ccc(Br)cc1)C(=O)CN(c1cc(Cl)cc(Cl)c1)S(C)(=O)=O. The predicted molar refractivity (Wildman–Crippen MR) is 148 cm³/mol. The quantitative estimate of drug-likeness (QED) is 0.408. The molecule has 0 aromatic heterocycles. The van der Waals surface area contributed by atoms with Gasteiger partial charge in [0.05, 0.1) is 11.9 Å². The Morgan fingerprint density at radius 1 is 1.06 bits per heavy atom. The molecule has 1 unspecified atom stereocenters. The summed E-state index contributed by atoms with van der Waals surface area (Å²) in [6, 6.07) is 11.0. The van der Waals surface area contributed by atoms with E-state index in [1.807, 2.05) is 24.3 Å². The van der Waals surface area contributed by atoms with Gasteiger partial charge in [0.25, 0.3) is 0 Å². The number of carbonyl (C=O) groups is 2. The summed E-state index contributed by atoms with van der Waals surface area (Å²) in [4.78, 5) is 28.2. The molecule has 0 bridgehead atoms. The normalized spacial score (nSPS) is 15.2. The molecule has 0 saturated heterocycles. The number of halogens is 3. The Morgan fingerprint density at radius 2 is 1.64 bits per heavy atom. The molecular weight excluding hydrogens is 589 g/mol. The first-order chi connectivity index (χ1) is 16.9. The Morgan fingerprint density at radius 3 is 2.19 bits per heavy atom. The molecule has 196 valence electrons. The van der Waals surface area contributed by atoms with Crippen molar-refractivity contribution in [2.24, 2.45) is 0 Å². The highest BCUT2D eigenvalue weighted by Crippen LogP contribution is 2.27. The van der Waals surface area contributed by atoms with Crippen molar-refractivity contribution in [1.82, 2.24) is 10.2 Å². The maximum atomic E-state index is 13.6. The van der Waals surface area contributed by atoms with E-state index in [-0.39, 0.29) is 34.2 Å². The molecule has 0 radical (unpaired) electrons. The molecule has 1 N–H and O–H groups in total. The third-order valence-corrected chi connectivity index (χ3v) is 8.31. The van der Waals surface area contributed by atoms with Crippen LogP contribution in [0.25, 0.3) is 0 Å². The van der Waals surface area contributed by atoms with Crippen LogP contribution in [-0.2, 0) is 26.2 Å². The van der Waals surface area contributed by atoms with Crippen molar-refractivity contribution in [1.29, 1.82) is 0 Å². The van der Waals surface area contributed by atoms with E-state index in [0.29, 0.717) is 0 Å². The van der Waals surface area contributed by atoms with E-state index >= 15 is 0 Å². The molecule has 1 fully saturated rings. The van der Waals surface area contributed by atoms with Crippen LogP contribution in [0.4, 0.5) is 5.69 Å². The molecule has 1 aliphatic carbocycles. The number of benzene rings is 2. The summed E-state index contributed by atoms with van der Waals surface area (Å²) >= 11 is 15.6. The van der Waals surface area contributed by atoms with Crippen molar-refractivity contribution < 1.29 is 18.0 Å². The zero-order chi connectivity index (χ0) is 26.5. The summed E-state index contributed by atoms with van der Waals surface area (Å²) in [6.45, 7) is 1.29. The standard InChI is InChI=1S/C25H30BrCl2N3O4S/c1-17(25(33)29-22-6-4-3-5-7-22)30(15-18-8-10-19(26)11-9-18)24(32)16-31(36(2,34)35)23-13-20(27)12-21(28)14-23/h8-14,17,22H,3-7,15-16H2,1-2H3,(H,29,33). The van der Waals surface area contributed by atoms with E-state index in [0.717, 1.165) is 52.7 Å². The fraction of sp³-hybridized carbons (Fsp3) is 0.440. The molecule has 0 spiro atoms. The molecule has 2 aromatic rings. The van der Waals surface area contributed by atoms with Crippen LogP contribution >= 0.6 is 39.1 Å². The Hall–Kier alpha value is -1.81. The first-order valence-electron chi connectivity index (χ1n) is 11.7. The van der Waals surface area contributed by atoms with E-state index in [1.54, 1.807) is 6.92 Å². The number of nitrogens with zero attached hydrogens (tertiary/aromatic N) is 2. The van der Waals surface area contributed by atoms with Crippen LogP contribution < -0.4 is 9.62 Å². The van der Waals surface area contributed by atoms with E-state index < -0.39 is 28.5 Å². The predicted octanol–water partition coefficient (Wildman–Crippen LogP) is 5.39. The van der Waals surface area contributed by atoms with Gasteiger partial charge in [0, 0.05) is 27.1 Å². The summed E-state index contributed by atoms with van der Waals surface area (Å²) in [7, 11) is -3.87. The van der Waals surface area contributed by atoms with E-state index in [9.17, 15) is 18.0 Å². The number of amides is 2. The summed E-state index contributed by atoms with van der Waals surface area (Å²) in [5, 5.41) is 3.55. The van der Waals surface area contributed by atoms with Gasteiger partial charge < -0.3 is 10.2 Å². The second kappa shape index (κ2) is 12.6. The fourth-order valence-electron chi connectivity index (χ4n) is 4.23. The zero-order valence-corrected chi connectivity index (χ0v) is 24.1. The largest absolute Gasteiger partial charge is 0.352 e. The Bertz CT molecular complexity index is 1170. The van der Waals surface area contributed by atoms with Crippen molar-refractivity contribution >= 4 is 66.7 Å². The lowest BCUT2D eigenvalue weighted by Crippen LogP contribution is -2.52. The summed E-state index contributed by atoms with van der Waals surface area (Å²) in [5.41, 5.74) is 0.979. The number of rotatable bonds is 9. The smallest absolute Gasteiger partial charge is 0.244 e. The van der Waals surface area contributed by atoms with Crippen LogP contribution in [0.15, 0.2) is 46.9 Å². The lowest BCUT2D eigenvalue weighted by atomic mass is 9.95. The van der Waals surface area contributed by atoms with Gasteiger partial charge in [-0.05, 0) is 55.7 Å². The highest BCUT2D eigenvalue weighted by molar-refractivity contribution is 9.10. The average molecular weight is 619 g/mol. The van der Waals surface area contributed by atoms with Gasteiger partial charge in [0.2, 0.25) is 21.8 Å². The summed E-state index contributed by atoms with van der Waals surface area (Å²) in [6.07, 6.45) is 6.12. The second-order valence-corrected chi connectivity index (χ2v) is 12.8. The van der Waals surface area contributed by atoms with Gasteiger partial charge in [-0.25, -0.2) is 8.42 Å². The maximum absolute atomic E-state index is 13.6. The van der Waals surface area contributed by atoms with E-state index in [4.69, 9.17) is 23.2 Å². The van der Waals surface area contributed by atoms with Crippen molar-refractivity contribution in [2.45, 2.75) is 57.7 Å². The van der Waals surface area contributed by atoms with Crippen LogP contribution in [0, 0.1) is 0 Å². The number of hydrogen-bond acceptors (Lipinski definition) is 4. The first kappa shape index (κ1) is 28.8. The number of anilines is 1. The maximum Gasteiger partial charge on any atom is 0.244 e. The van der Waals surface area contributed by atoms with Crippen LogP contribution in [0.2, 0.25) is 10.0 Å². The molecule has 2 aromatic carbocycles. The number of sulfonamides is 1. The summed E-state index contributed by atoms with van der Waals surface area (Å²) < 4.78 is 27.2. The van der Waals surface area contributed by atoms with Gasteiger partial charge in [0.15, 0.2) is 0 Å². The van der Waals surface area contributed by atoms with Crippen molar-refractivity contribution in [3.8, 4) is 0 Å². The molecule has 1 saturated carbocycles. The minimum absolute atomic E-state index is 0.0828. The third kappa shape index (κ3) is 8.10. The number of hydrogen-bond donors (Lipinski definition) is 1. The molecule has 0 aliphatic heterocycles. The number of nitrogens with one attached hydrogen (secondary N) is 1. The van der Waals surface area contributed by atoms with Gasteiger partial charge in [-0.1, -0.05) is 70.5 Å². The fourth-order valence-corrected chi connectivity index (χ4v) is 5.85. The lowest BCUT2D eigenvalue weighted by molar-refractivity contribution is -0.139. The average Bonchev–Trinajstić information content (AvgIpc) is 2.80. The minimum atomic E-state index is -3.87. The highest BCUT2D eigenvalue weighted by atomic mass is 79.9. The molecule has 7 nitrogen and oxygen atoms in total. The van der Waals surface area contributed by atoms with Crippen LogP contribution in [0.5, 0.6) is 0 Å². The Labute approximate surface area is 231 Å². The van der Waals surface area contributed by atoms with Crippen molar-refractivity contribution in [3.63, 3.8) is 0 Å². The topological polar surface area (TPSA) is 86.8 Å². The molecule has 36 heavy (non-hydrogen) atoms. The zero-order valence-electron chi connectivity index (χ0n) is 20.2. The molecule has 0 heterocycles. The van der Waals surface area contributed by atoms with Crippen LogP contribution in [0.3, 0.4) is 0 Å². The Balaban J connectivity index is 1.88. The molecule has 11 heteroatoms. The van der Waals surface area contributed by atoms with Gasteiger partial charge >= 0.3 is 0 Å². The second-order valence-electron chi connectivity index (χ2n) is 9.06. The van der Waals surface area contributed by atoms with E-state index in [1.165, 1.54) is 23.1 Å². The highest BCUT2D eigenvalue weighted by Gasteiger charge is 2.31. The van der Waals surface area contributed by atoms with E-state index in [2.05, 4.69) is 21.2 Å². The van der Waals surface area contributed by atoms with Crippen molar-refractivity contribution in [3.05, 3.63) is 62.5 Å². The minimum Gasteiger partial charge on any atom is -0.352 e. The van der Waals surface area contributed by atoms with Crippen LogP contribution in [-0.4, -0.2) is 50.0 Å². The van der Waals surface area contributed by atoms with Gasteiger partial charge in [-0.2, -0.15) is 0 Å². The van der Waals surface area contributed by atoms with Crippen molar-refractivity contribution in [2.75, 3.05) is 17.1 Å². The van der Waals surface area contributed by atoms with Gasteiger partial charge in [0.1, 0.15) is 12.6 Å². The molecule has 2 amide bonds.